The Labute approximate surface area is 213 Å². The predicted octanol–water partition coefficient (Wildman–Crippen LogP) is 10.9. The lowest BCUT2D eigenvalue weighted by Crippen LogP contribution is -2.48. The third-order valence-corrected chi connectivity index (χ3v) is 5.83. The molecule has 0 fully saturated rings. The lowest BCUT2D eigenvalue weighted by molar-refractivity contribution is -0.164. The van der Waals surface area contributed by atoms with Gasteiger partial charge in [0.1, 0.15) is 11.6 Å². The number of methoxy groups -OCH3 is 1. The fourth-order valence-corrected chi connectivity index (χ4v) is 3.60. The number of allylic oxidation sites excluding steroid dienone is 12. The van der Waals surface area contributed by atoms with E-state index in [1.165, 1.54) is 6.92 Å². The van der Waals surface area contributed by atoms with Crippen molar-refractivity contribution in [3.8, 4) is 0 Å². The van der Waals surface area contributed by atoms with Crippen molar-refractivity contribution in [2.45, 2.75) is 93.4 Å². The molecule has 1 nitrogen and oxygen atoms in total. The minimum Gasteiger partial charge on any atom is -0.498 e. The molecule has 0 atom stereocenters. The maximum absolute atomic E-state index is 15.6. The molecule has 0 aromatic carbocycles. The first-order valence-electron chi connectivity index (χ1n) is 12.1. The molecule has 0 amide bonds. The van der Waals surface area contributed by atoms with E-state index in [2.05, 4.69) is 17.9 Å². The number of hydrogen-bond acceptors (Lipinski definition) is 1. The van der Waals surface area contributed by atoms with Gasteiger partial charge in [0.15, 0.2) is 5.83 Å². The zero-order valence-corrected chi connectivity index (χ0v) is 23.4. The van der Waals surface area contributed by atoms with Gasteiger partial charge in [-0.3, -0.25) is 0 Å². The standard InChI is InChI=1S/C25H32F6O.C2H6.C2H4/c1-9-14(4)12-13-15(5)18(10-2)23(27)20-16(6)19(11-3)21(22(26)17(7)32-8)25(30,31)24(20,28)29;2*1-2/h12-13H,9-11H2,1-8H3;1-2H3;1-2H2/b14-12+,15-13+,22-17-,23-18-;;. The number of hydrogen-bond donors (Lipinski definition) is 0. The highest BCUT2D eigenvalue weighted by Crippen LogP contribution is 2.56. The molecular weight excluding hydrogens is 478 g/mol. The molecule has 0 saturated carbocycles. The number of halogens is 6. The van der Waals surface area contributed by atoms with Gasteiger partial charge in [0.2, 0.25) is 0 Å². The topological polar surface area (TPSA) is 9.23 Å². The van der Waals surface area contributed by atoms with Crippen molar-refractivity contribution in [1.82, 2.24) is 0 Å². The van der Waals surface area contributed by atoms with Crippen molar-refractivity contribution in [3.05, 3.63) is 81.7 Å². The van der Waals surface area contributed by atoms with Crippen LogP contribution in [0.5, 0.6) is 0 Å². The Kier molecular flexibility index (Phi) is 15.5. The third kappa shape index (κ3) is 7.30. The van der Waals surface area contributed by atoms with E-state index in [-0.39, 0.29) is 24.0 Å². The van der Waals surface area contributed by atoms with E-state index >= 15 is 22.0 Å². The Hall–Kier alpha value is -2.44. The quantitative estimate of drug-likeness (QED) is 0.134. The van der Waals surface area contributed by atoms with Crippen LogP contribution in [0.4, 0.5) is 26.3 Å². The average Bonchev–Trinajstić information content (AvgIpc) is 2.86. The maximum Gasteiger partial charge on any atom is 0.343 e. The molecule has 0 bridgehead atoms. The monoisotopic (exact) mass is 520 g/mol. The minimum absolute atomic E-state index is 0.0146. The lowest BCUT2D eigenvalue weighted by Gasteiger charge is -2.37. The van der Waals surface area contributed by atoms with Gasteiger partial charge >= 0.3 is 11.8 Å². The Bertz CT molecular complexity index is 943. The molecular formula is C29H42F6O. The van der Waals surface area contributed by atoms with E-state index in [0.717, 1.165) is 33.0 Å². The third-order valence-electron chi connectivity index (χ3n) is 5.83. The van der Waals surface area contributed by atoms with E-state index < -0.39 is 46.0 Å². The van der Waals surface area contributed by atoms with Gasteiger partial charge in [-0.05, 0) is 69.2 Å². The molecule has 0 saturated heterocycles. The number of rotatable bonds is 8. The average molecular weight is 521 g/mol. The summed E-state index contributed by atoms with van der Waals surface area (Å²) in [5, 5.41) is 0. The van der Waals surface area contributed by atoms with E-state index in [0.29, 0.717) is 5.57 Å². The molecule has 0 unspecified atom stereocenters. The highest BCUT2D eigenvalue weighted by Gasteiger charge is 2.66. The lowest BCUT2D eigenvalue weighted by atomic mass is 9.77. The SMILES string of the molecule is C=C.CC.CCC1=C(/C(F)=C(\C)OC)C(F)(F)C(F)(F)C(/C(F)=C(CC)/C(C)=C/C=C(\C)CC)=C1C. The molecule has 0 aromatic rings. The van der Waals surface area contributed by atoms with Crippen LogP contribution in [-0.4, -0.2) is 19.0 Å². The van der Waals surface area contributed by atoms with Crippen LogP contribution in [0.3, 0.4) is 0 Å². The second-order valence-corrected chi connectivity index (χ2v) is 7.79. The molecule has 0 aliphatic heterocycles. The van der Waals surface area contributed by atoms with Crippen LogP contribution in [-0.2, 0) is 4.74 Å². The molecule has 0 aromatic heterocycles. The minimum atomic E-state index is -4.97. The van der Waals surface area contributed by atoms with Gasteiger partial charge < -0.3 is 4.74 Å². The van der Waals surface area contributed by atoms with Crippen LogP contribution in [0.1, 0.15) is 81.6 Å². The highest BCUT2D eigenvalue weighted by molar-refractivity contribution is 5.61. The molecule has 0 radical (unpaired) electrons. The molecule has 0 spiro atoms. The summed E-state index contributed by atoms with van der Waals surface area (Å²) >= 11 is 0. The van der Waals surface area contributed by atoms with Gasteiger partial charge in [0, 0.05) is 0 Å². The smallest absolute Gasteiger partial charge is 0.343 e. The highest BCUT2D eigenvalue weighted by atomic mass is 19.3. The molecule has 1 aliphatic carbocycles. The number of ether oxygens (including phenoxy) is 1. The number of alkyl halides is 4. The van der Waals surface area contributed by atoms with E-state index in [1.54, 1.807) is 26.0 Å². The van der Waals surface area contributed by atoms with Gasteiger partial charge in [-0.1, -0.05) is 52.3 Å². The summed E-state index contributed by atoms with van der Waals surface area (Å²) < 4.78 is 95.5. The van der Waals surface area contributed by atoms with Gasteiger partial charge in [-0.25, -0.2) is 8.78 Å². The van der Waals surface area contributed by atoms with Crippen molar-refractivity contribution >= 4 is 0 Å². The Morgan fingerprint density at radius 2 is 1.31 bits per heavy atom. The summed E-state index contributed by atoms with van der Waals surface area (Å²) in [5.74, 6) is -13.5. The van der Waals surface area contributed by atoms with Crippen LogP contribution in [0, 0.1) is 0 Å². The molecule has 1 rings (SSSR count). The van der Waals surface area contributed by atoms with Gasteiger partial charge in [0.05, 0.1) is 18.3 Å². The first-order chi connectivity index (χ1) is 16.7. The molecule has 206 valence electrons. The fourth-order valence-electron chi connectivity index (χ4n) is 3.60. The fraction of sp³-hybridized carbons (Fsp3) is 0.517. The summed E-state index contributed by atoms with van der Waals surface area (Å²) in [6.07, 6.45) is 3.89. The molecule has 36 heavy (non-hydrogen) atoms. The Morgan fingerprint density at radius 1 is 0.833 bits per heavy atom. The maximum atomic E-state index is 15.6. The molecule has 0 N–H and O–H groups in total. The summed E-state index contributed by atoms with van der Waals surface area (Å²) in [6.45, 7) is 20.5. The van der Waals surface area contributed by atoms with Crippen molar-refractivity contribution < 1.29 is 31.1 Å². The van der Waals surface area contributed by atoms with Gasteiger partial charge in [0.25, 0.3) is 0 Å². The molecule has 0 heterocycles. The zero-order chi connectivity index (χ0) is 29.0. The van der Waals surface area contributed by atoms with Crippen LogP contribution >= 0.6 is 0 Å². The first-order valence-corrected chi connectivity index (χ1v) is 12.1. The van der Waals surface area contributed by atoms with Crippen molar-refractivity contribution in [1.29, 1.82) is 0 Å². The van der Waals surface area contributed by atoms with Gasteiger partial charge in [-0.15, -0.1) is 13.2 Å². The van der Waals surface area contributed by atoms with Gasteiger partial charge in [-0.2, -0.15) is 17.6 Å². The second-order valence-electron chi connectivity index (χ2n) is 7.79. The predicted molar refractivity (Wildman–Crippen MR) is 140 cm³/mol. The van der Waals surface area contributed by atoms with Crippen molar-refractivity contribution in [2.24, 2.45) is 0 Å². The normalized spacial score (nSPS) is 18.9. The summed E-state index contributed by atoms with van der Waals surface area (Å²) in [4.78, 5) is 0. The zero-order valence-electron chi connectivity index (χ0n) is 23.4. The van der Waals surface area contributed by atoms with Crippen LogP contribution < -0.4 is 0 Å². The molecule has 7 heteroatoms. The van der Waals surface area contributed by atoms with E-state index in [4.69, 9.17) is 0 Å². The molecule has 1 aliphatic rings. The largest absolute Gasteiger partial charge is 0.498 e. The van der Waals surface area contributed by atoms with E-state index in [9.17, 15) is 4.39 Å². The Morgan fingerprint density at radius 3 is 1.69 bits per heavy atom. The van der Waals surface area contributed by atoms with Crippen molar-refractivity contribution in [2.75, 3.05) is 7.11 Å². The van der Waals surface area contributed by atoms with Crippen molar-refractivity contribution in [3.63, 3.8) is 0 Å². The Balaban J connectivity index is 0. The summed E-state index contributed by atoms with van der Waals surface area (Å²) in [5.41, 5.74) is -2.36. The first kappa shape index (κ1) is 35.7. The summed E-state index contributed by atoms with van der Waals surface area (Å²) in [6, 6.07) is 0. The van der Waals surface area contributed by atoms with Crippen LogP contribution in [0.25, 0.3) is 0 Å². The summed E-state index contributed by atoms with van der Waals surface area (Å²) in [7, 11) is 1.05. The van der Waals surface area contributed by atoms with E-state index in [1.807, 2.05) is 27.7 Å². The van der Waals surface area contributed by atoms with Crippen LogP contribution in [0.2, 0.25) is 0 Å². The van der Waals surface area contributed by atoms with Crippen LogP contribution in [0.15, 0.2) is 81.7 Å². The second kappa shape index (κ2) is 15.6.